The molecule has 7 nitrogen and oxygen atoms in total. The minimum absolute atomic E-state index is 0.0351. The van der Waals surface area contributed by atoms with E-state index in [1.807, 2.05) is 32.0 Å². The first-order chi connectivity index (χ1) is 12.4. The van der Waals surface area contributed by atoms with Crippen molar-refractivity contribution >= 4 is 11.9 Å². The van der Waals surface area contributed by atoms with Crippen LogP contribution in [0, 0.1) is 13.8 Å². The number of carbonyl (C=O) groups is 2. The predicted molar refractivity (Wildman–Crippen MR) is 94.3 cm³/mol. The van der Waals surface area contributed by atoms with Crippen LogP contribution < -0.4 is 10.1 Å². The van der Waals surface area contributed by atoms with Crippen molar-refractivity contribution in [3.05, 3.63) is 53.0 Å². The van der Waals surface area contributed by atoms with Gasteiger partial charge < -0.3 is 24.3 Å². The van der Waals surface area contributed by atoms with Crippen molar-refractivity contribution in [2.24, 2.45) is 0 Å². The highest BCUT2D eigenvalue weighted by atomic mass is 16.5. The Kier molecular flexibility index (Phi) is 6.80. The van der Waals surface area contributed by atoms with Crippen LogP contribution in [0.25, 0.3) is 0 Å². The van der Waals surface area contributed by atoms with Gasteiger partial charge in [0.1, 0.15) is 24.2 Å². The molecule has 140 valence electrons. The molecule has 1 heterocycles. The predicted octanol–water partition coefficient (Wildman–Crippen LogP) is 2.69. The molecule has 0 radical (unpaired) electrons. The van der Waals surface area contributed by atoms with Gasteiger partial charge in [-0.1, -0.05) is 17.7 Å². The first-order valence-electron chi connectivity index (χ1n) is 8.22. The van der Waals surface area contributed by atoms with Crippen LogP contribution in [0.4, 0.5) is 0 Å². The van der Waals surface area contributed by atoms with Crippen LogP contribution in [0.2, 0.25) is 0 Å². The standard InChI is InChI=1S/C19H23NO6/c1-12-4-6-16(13(2)10-12)25-11-14-5-7-17(26-14)18(21)20-15(19(22)23)8-9-24-3/h4-7,10,15H,8-9,11H2,1-3H3,(H,20,21)(H,22,23). The van der Waals surface area contributed by atoms with Crippen molar-refractivity contribution in [1.29, 1.82) is 0 Å². The summed E-state index contributed by atoms with van der Waals surface area (Å²) in [6, 6.07) is 7.93. The first kappa shape index (κ1) is 19.5. The van der Waals surface area contributed by atoms with Gasteiger partial charge in [0, 0.05) is 20.1 Å². The number of nitrogens with one attached hydrogen (secondary N) is 1. The van der Waals surface area contributed by atoms with Gasteiger partial charge >= 0.3 is 5.97 Å². The second-order valence-electron chi connectivity index (χ2n) is 5.97. The fourth-order valence-electron chi connectivity index (χ4n) is 2.41. The summed E-state index contributed by atoms with van der Waals surface area (Å²) in [6.07, 6.45) is 0.168. The molecular weight excluding hydrogens is 338 g/mol. The van der Waals surface area contributed by atoms with E-state index in [0.717, 1.165) is 16.9 Å². The third kappa shape index (κ3) is 5.35. The minimum atomic E-state index is -1.12. The summed E-state index contributed by atoms with van der Waals surface area (Å²) in [4.78, 5) is 23.3. The summed E-state index contributed by atoms with van der Waals surface area (Å²) < 4.78 is 16.0. The molecule has 2 N–H and O–H groups in total. The summed E-state index contributed by atoms with van der Waals surface area (Å²) in [5.74, 6) is -0.470. The van der Waals surface area contributed by atoms with E-state index < -0.39 is 17.9 Å². The monoisotopic (exact) mass is 361 g/mol. The summed E-state index contributed by atoms with van der Waals surface area (Å²) in [5, 5.41) is 11.6. The van der Waals surface area contributed by atoms with Gasteiger partial charge in [-0.2, -0.15) is 0 Å². The van der Waals surface area contributed by atoms with Crippen molar-refractivity contribution in [2.45, 2.75) is 32.9 Å². The number of methoxy groups -OCH3 is 1. The molecule has 2 rings (SSSR count). The zero-order valence-electron chi connectivity index (χ0n) is 15.1. The number of carbonyl (C=O) groups excluding carboxylic acids is 1. The SMILES string of the molecule is COCCC(NC(=O)c1ccc(COc2ccc(C)cc2C)o1)C(=O)O. The smallest absolute Gasteiger partial charge is 0.326 e. The Labute approximate surface area is 151 Å². The Morgan fingerprint density at radius 1 is 1.23 bits per heavy atom. The van der Waals surface area contributed by atoms with Crippen LogP contribution in [0.15, 0.2) is 34.7 Å². The van der Waals surface area contributed by atoms with Crippen LogP contribution in [-0.4, -0.2) is 36.7 Å². The molecule has 0 aliphatic heterocycles. The third-order valence-electron chi connectivity index (χ3n) is 3.80. The van der Waals surface area contributed by atoms with E-state index in [4.69, 9.17) is 19.0 Å². The third-order valence-corrected chi connectivity index (χ3v) is 3.80. The number of hydrogen-bond donors (Lipinski definition) is 2. The molecule has 0 saturated carbocycles. The van der Waals surface area contributed by atoms with E-state index in [1.165, 1.54) is 13.2 Å². The average molecular weight is 361 g/mol. The highest BCUT2D eigenvalue weighted by molar-refractivity contribution is 5.94. The molecule has 1 unspecified atom stereocenters. The van der Waals surface area contributed by atoms with Gasteiger partial charge in [-0.3, -0.25) is 4.79 Å². The lowest BCUT2D eigenvalue weighted by atomic mass is 10.1. The van der Waals surface area contributed by atoms with Gasteiger partial charge in [-0.25, -0.2) is 4.79 Å². The number of aryl methyl sites for hydroxylation is 2. The largest absolute Gasteiger partial charge is 0.485 e. The number of hydrogen-bond acceptors (Lipinski definition) is 5. The highest BCUT2D eigenvalue weighted by Gasteiger charge is 2.22. The molecule has 1 aromatic heterocycles. The molecule has 1 aromatic carbocycles. The lowest BCUT2D eigenvalue weighted by molar-refractivity contribution is -0.139. The van der Waals surface area contributed by atoms with Crippen molar-refractivity contribution in [3.63, 3.8) is 0 Å². The van der Waals surface area contributed by atoms with E-state index in [2.05, 4.69) is 5.32 Å². The second-order valence-corrected chi connectivity index (χ2v) is 5.97. The highest BCUT2D eigenvalue weighted by Crippen LogP contribution is 2.20. The van der Waals surface area contributed by atoms with Gasteiger partial charge in [0.15, 0.2) is 5.76 Å². The molecule has 0 aliphatic rings. The quantitative estimate of drug-likeness (QED) is 0.713. The van der Waals surface area contributed by atoms with Crippen LogP contribution in [0.3, 0.4) is 0 Å². The molecule has 0 fully saturated rings. The van der Waals surface area contributed by atoms with Crippen molar-refractivity contribution in [1.82, 2.24) is 5.32 Å². The Balaban J connectivity index is 1.95. The fraction of sp³-hybridized carbons (Fsp3) is 0.368. The summed E-state index contributed by atoms with van der Waals surface area (Å²) in [6.45, 7) is 4.36. The van der Waals surface area contributed by atoms with Gasteiger partial charge in [0.25, 0.3) is 5.91 Å². The summed E-state index contributed by atoms with van der Waals surface area (Å²) in [5.41, 5.74) is 2.16. The number of amides is 1. The lowest BCUT2D eigenvalue weighted by Crippen LogP contribution is -2.41. The number of ether oxygens (including phenoxy) is 2. The number of rotatable bonds is 9. The Bertz CT molecular complexity index is 767. The first-order valence-corrected chi connectivity index (χ1v) is 8.22. The maximum Gasteiger partial charge on any atom is 0.326 e. The van der Waals surface area contributed by atoms with E-state index in [-0.39, 0.29) is 25.4 Å². The van der Waals surface area contributed by atoms with Gasteiger partial charge in [-0.05, 0) is 37.6 Å². The van der Waals surface area contributed by atoms with Crippen LogP contribution in [-0.2, 0) is 16.1 Å². The number of benzene rings is 1. The Hall–Kier alpha value is -2.80. The van der Waals surface area contributed by atoms with Crippen molar-refractivity contribution < 1.29 is 28.6 Å². The zero-order chi connectivity index (χ0) is 19.1. The topological polar surface area (TPSA) is 98.0 Å². The van der Waals surface area contributed by atoms with Crippen molar-refractivity contribution in [2.75, 3.05) is 13.7 Å². The van der Waals surface area contributed by atoms with Crippen LogP contribution in [0.1, 0.15) is 33.9 Å². The van der Waals surface area contributed by atoms with Crippen LogP contribution >= 0.6 is 0 Å². The lowest BCUT2D eigenvalue weighted by Gasteiger charge is -2.12. The summed E-state index contributed by atoms with van der Waals surface area (Å²) in [7, 11) is 1.47. The van der Waals surface area contributed by atoms with Gasteiger partial charge in [0.05, 0.1) is 0 Å². The van der Waals surface area contributed by atoms with E-state index in [0.29, 0.717) is 5.76 Å². The average Bonchev–Trinajstić information content (AvgIpc) is 3.06. The minimum Gasteiger partial charge on any atom is -0.485 e. The number of carboxylic acids is 1. The maximum atomic E-state index is 12.2. The second kappa shape index (κ2) is 9.05. The van der Waals surface area contributed by atoms with E-state index >= 15 is 0 Å². The maximum absolute atomic E-state index is 12.2. The molecule has 1 amide bonds. The van der Waals surface area contributed by atoms with E-state index in [1.54, 1.807) is 6.07 Å². The molecule has 7 heteroatoms. The molecule has 26 heavy (non-hydrogen) atoms. The number of carboxylic acid groups (broad SMARTS) is 1. The Morgan fingerprint density at radius 3 is 2.65 bits per heavy atom. The molecular formula is C19H23NO6. The normalized spacial score (nSPS) is 11.8. The Morgan fingerprint density at radius 2 is 2.00 bits per heavy atom. The number of aliphatic carboxylic acids is 1. The summed E-state index contributed by atoms with van der Waals surface area (Å²) >= 11 is 0. The van der Waals surface area contributed by atoms with Crippen LogP contribution in [0.5, 0.6) is 5.75 Å². The van der Waals surface area contributed by atoms with E-state index in [9.17, 15) is 9.59 Å². The molecule has 0 bridgehead atoms. The molecule has 0 aliphatic carbocycles. The number of furan rings is 1. The molecule has 0 saturated heterocycles. The molecule has 0 spiro atoms. The van der Waals surface area contributed by atoms with Crippen molar-refractivity contribution in [3.8, 4) is 5.75 Å². The molecule has 2 aromatic rings. The fourth-order valence-corrected chi connectivity index (χ4v) is 2.41. The van der Waals surface area contributed by atoms with Gasteiger partial charge in [-0.15, -0.1) is 0 Å². The zero-order valence-corrected chi connectivity index (χ0v) is 15.1. The molecule has 1 atom stereocenters. The van der Waals surface area contributed by atoms with Gasteiger partial charge in [0.2, 0.25) is 0 Å².